The molecule has 1 aliphatic rings. The smallest absolute Gasteiger partial charge is 0.329 e. The van der Waals surface area contributed by atoms with Crippen molar-refractivity contribution < 1.29 is 14.1 Å². The number of rotatable bonds is 3. The van der Waals surface area contributed by atoms with Gasteiger partial charge in [0.1, 0.15) is 0 Å². The summed E-state index contributed by atoms with van der Waals surface area (Å²) in [5.74, 6) is 0.468. The summed E-state index contributed by atoms with van der Waals surface area (Å²) in [7, 11) is 0. The Bertz CT molecular complexity index is 432. The van der Waals surface area contributed by atoms with Gasteiger partial charge in [-0.1, -0.05) is 11.2 Å². The summed E-state index contributed by atoms with van der Waals surface area (Å²) < 4.78 is 10.3. The molecule has 2 heterocycles. The van der Waals surface area contributed by atoms with E-state index in [1.54, 1.807) is 13.0 Å². The molecule has 18 heavy (non-hydrogen) atoms. The van der Waals surface area contributed by atoms with Gasteiger partial charge < -0.3 is 14.6 Å². The van der Waals surface area contributed by atoms with E-state index in [1.807, 2.05) is 0 Å². The molecule has 0 spiro atoms. The van der Waals surface area contributed by atoms with Crippen LogP contribution in [0.3, 0.4) is 0 Å². The van der Waals surface area contributed by atoms with E-state index < -0.39 is 0 Å². The van der Waals surface area contributed by atoms with Gasteiger partial charge in [0.2, 0.25) is 0 Å². The van der Waals surface area contributed by atoms with Gasteiger partial charge in [-0.25, -0.2) is 4.79 Å². The zero-order valence-corrected chi connectivity index (χ0v) is 10.2. The summed E-state index contributed by atoms with van der Waals surface area (Å²) in [4.78, 5) is 15.6. The zero-order chi connectivity index (χ0) is 13.0. The topological polar surface area (TPSA) is 89.3 Å². The third-order valence-electron chi connectivity index (χ3n) is 2.66. The molecule has 0 saturated carbocycles. The minimum absolute atomic E-state index is 0.0804. The van der Waals surface area contributed by atoms with Crippen LogP contribution < -0.4 is 10.6 Å². The van der Waals surface area contributed by atoms with Gasteiger partial charge in [-0.05, 0) is 19.8 Å². The molecular weight excluding hydrogens is 236 g/mol. The number of carbonyl (C=O) groups is 1. The summed E-state index contributed by atoms with van der Waals surface area (Å²) in [6.07, 6.45) is 3.30. The van der Waals surface area contributed by atoms with Crippen LogP contribution in [0.5, 0.6) is 0 Å². The molecular formula is C11H16N4O3. The first-order valence-corrected chi connectivity index (χ1v) is 5.81. The fourth-order valence-corrected chi connectivity index (χ4v) is 1.84. The predicted octanol–water partition coefficient (Wildman–Crippen LogP) is 1.23. The van der Waals surface area contributed by atoms with Crippen LogP contribution in [0, 0.1) is 6.92 Å². The van der Waals surface area contributed by atoms with Crippen LogP contribution >= 0.6 is 0 Å². The lowest BCUT2D eigenvalue weighted by Gasteiger charge is -2.29. The van der Waals surface area contributed by atoms with Gasteiger partial charge in [0.05, 0.1) is 12.1 Å². The average molecular weight is 252 g/mol. The van der Waals surface area contributed by atoms with Crippen LogP contribution in [-0.2, 0) is 4.74 Å². The van der Waals surface area contributed by atoms with E-state index >= 15 is 0 Å². The maximum Gasteiger partial charge on any atom is 0.329 e. The van der Waals surface area contributed by atoms with Gasteiger partial charge in [-0.15, -0.1) is 6.58 Å². The van der Waals surface area contributed by atoms with Gasteiger partial charge in [-0.3, -0.25) is 5.32 Å². The first-order valence-electron chi connectivity index (χ1n) is 5.81. The Labute approximate surface area is 105 Å². The van der Waals surface area contributed by atoms with Crippen molar-refractivity contribution in [3.63, 3.8) is 0 Å². The van der Waals surface area contributed by atoms with Crippen molar-refractivity contribution in [2.24, 2.45) is 0 Å². The van der Waals surface area contributed by atoms with Crippen molar-refractivity contribution in [3.05, 3.63) is 18.5 Å². The normalized spacial score (nSPS) is 23.4. The number of carbonyl (C=O) groups excluding carboxylic acids is 1. The Hall–Kier alpha value is -1.89. The lowest BCUT2D eigenvalue weighted by Crippen LogP contribution is -2.47. The molecule has 0 aliphatic carbocycles. The van der Waals surface area contributed by atoms with E-state index in [-0.39, 0.29) is 24.2 Å². The SMILES string of the molecule is C=C[C@H]1OCCC[C@@H]1NC(=O)Nc1nc(C)no1. The molecule has 0 radical (unpaired) electrons. The number of hydrogen-bond acceptors (Lipinski definition) is 5. The van der Waals surface area contributed by atoms with E-state index in [4.69, 9.17) is 9.26 Å². The van der Waals surface area contributed by atoms with Gasteiger partial charge in [0, 0.05) is 6.61 Å². The number of ether oxygens (including phenoxy) is 1. The number of nitrogens with zero attached hydrogens (tertiary/aromatic N) is 2. The molecule has 0 unspecified atom stereocenters. The fraction of sp³-hybridized carbons (Fsp3) is 0.545. The predicted molar refractivity (Wildman–Crippen MR) is 64.1 cm³/mol. The standard InChI is InChI=1S/C11H16N4O3/c1-3-9-8(5-4-6-17-9)13-10(16)14-11-12-7(2)15-18-11/h3,8-9H,1,4-6H2,2H3,(H2,12,13,14,15,16)/t8-,9+/m0/s1. The largest absolute Gasteiger partial charge is 0.372 e. The second kappa shape index (κ2) is 5.63. The number of anilines is 1. The molecule has 2 atom stereocenters. The number of amides is 2. The quantitative estimate of drug-likeness (QED) is 0.790. The summed E-state index contributed by atoms with van der Waals surface area (Å²) in [5.41, 5.74) is 0. The Balaban J connectivity index is 1.88. The summed E-state index contributed by atoms with van der Waals surface area (Å²) in [6.45, 7) is 6.06. The van der Waals surface area contributed by atoms with Crippen molar-refractivity contribution in [1.29, 1.82) is 0 Å². The lowest BCUT2D eigenvalue weighted by atomic mass is 10.0. The molecule has 2 N–H and O–H groups in total. The molecule has 7 nitrogen and oxygen atoms in total. The molecule has 2 rings (SSSR count). The first kappa shape index (κ1) is 12.6. The number of hydrogen-bond donors (Lipinski definition) is 2. The minimum Gasteiger partial charge on any atom is -0.372 e. The van der Waals surface area contributed by atoms with E-state index in [9.17, 15) is 4.79 Å². The number of nitrogens with one attached hydrogen (secondary N) is 2. The van der Waals surface area contributed by atoms with Crippen LogP contribution in [0.15, 0.2) is 17.2 Å². The highest BCUT2D eigenvalue weighted by molar-refractivity contribution is 5.87. The Morgan fingerprint density at radius 2 is 2.44 bits per heavy atom. The second-order valence-electron chi connectivity index (χ2n) is 4.07. The van der Waals surface area contributed by atoms with Crippen LogP contribution in [-0.4, -0.2) is 34.9 Å². The maximum atomic E-state index is 11.7. The molecule has 7 heteroatoms. The second-order valence-corrected chi connectivity index (χ2v) is 4.07. The van der Waals surface area contributed by atoms with Crippen molar-refractivity contribution in [2.75, 3.05) is 11.9 Å². The fourth-order valence-electron chi connectivity index (χ4n) is 1.84. The van der Waals surface area contributed by atoms with E-state index in [1.165, 1.54) is 0 Å². The third-order valence-corrected chi connectivity index (χ3v) is 2.66. The third kappa shape index (κ3) is 3.07. The molecule has 98 valence electrons. The number of urea groups is 1. The van der Waals surface area contributed by atoms with Crippen molar-refractivity contribution in [2.45, 2.75) is 31.9 Å². The molecule has 1 aromatic heterocycles. The van der Waals surface area contributed by atoms with E-state index in [0.29, 0.717) is 12.4 Å². The van der Waals surface area contributed by atoms with Crippen LogP contribution in [0.2, 0.25) is 0 Å². The molecule has 1 saturated heterocycles. The molecule has 0 bridgehead atoms. The van der Waals surface area contributed by atoms with Gasteiger partial charge in [0.15, 0.2) is 5.82 Å². The van der Waals surface area contributed by atoms with Crippen LogP contribution in [0.4, 0.5) is 10.8 Å². The maximum absolute atomic E-state index is 11.7. The monoisotopic (exact) mass is 252 g/mol. The molecule has 2 amide bonds. The molecule has 1 aromatic rings. The van der Waals surface area contributed by atoms with Gasteiger partial charge >= 0.3 is 12.0 Å². The first-order chi connectivity index (χ1) is 8.69. The summed E-state index contributed by atoms with van der Waals surface area (Å²) in [5, 5.41) is 8.86. The minimum atomic E-state index is -0.388. The number of aromatic nitrogens is 2. The van der Waals surface area contributed by atoms with E-state index in [2.05, 4.69) is 27.4 Å². The van der Waals surface area contributed by atoms with Gasteiger partial charge in [-0.2, -0.15) is 4.98 Å². The number of aryl methyl sites for hydroxylation is 1. The summed E-state index contributed by atoms with van der Waals surface area (Å²) in [6, 6.07) is -0.391. The molecule has 1 aliphatic heterocycles. The van der Waals surface area contributed by atoms with Crippen molar-refractivity contribution in [1.82, 2.24) is 15.5 Å². The van der Waals surface area contributed by atoms with Crippen LogP contribution in [0.25, 0.3) is 0 Å². The Kier molecular flexibility index (Phi) is 3.93. The molecule has 1 fully saturated rings. The Morgan fingerprint density at radius 1 is 1.61 bits per heavy atom. The molecule has 0 aromatic carbocycles. The highest BCUT2D eigenvalue weighted by Gasteiger charge is 2.25. The van der Waals surface area contributed by atoms with Gasteiger partial charge in [0.25, 0.3) is 0 Å². The van der Waals surface area contributed by atoms with Crippen LogP contribution in [0.1, 0.15) is 18.7 Å². The highest BCUT2D eigenvalue weighted by Crippen LogP contribution is 2.14. The van der Waals surface area contributed by atoms with E-state index in [0.717, 1.165) is 12.8 Å². The summed E-state index contributed by atoms with van der Waals surface area (Å²) >= 11 is 0. The lowest BCUT2D eigenvalue weighted by molar-refractivity contribution is 0.0245. The van der Waals surface area contributed by atoms with Crippen molar-refractivity contribution >= 4 is 12.0 Å². The Morgan fingerprint density at radius 3 is 3.11 bits per heavy atom. The average Bonchev–Trinajstić information content (AvgIpc) is 2.75. The van der Waals surface area contributed by atoms with Crippen molar-refractivity contribution in [3.8, 4) is 0 Å². The highest BCUT2D eigenvalue weighted by atomic mass is 16.5. The zero-order valence-electron chi connectivity index (χ0n) is 10.2.